The predicted octanol–water partition coefficient (Wildman–Crippen LogP) is 3.36. The van der Waals surface area contributed by atoms with Gasteiger partial charge in [-0.2, -0.15) is 5.26 Å². The first-order valence-electron chi connectivity index (χ1n) is 5.65. The fourth-order valence-electron chi connectivity index (χ4n) is 2.19. The first-order valence-corrected chi connectivity index (χ1v) is 6.02. The number of benzene rings is 1. The number of halogens is 1. The average molecular weight is 249 g/mol. The van der Waals surface area contributed by atoms with Crippen LogP contribution in [0.1, 0.15) is 25.7 Å². The number of anilines is 1. The SMILES string of the molecule is N#CC1(C(=O)Nc2cccc(Cl)c2)CCCC1. The number of rotatable bonds is 2. The third-order valence-electron chi connectivity index (χ3n) is 3.19. The molecular formula is C13H13ClN2O. The van der Waals surface area contributed by atoms with Crippen molar-refractivity contribution < 1.29 is 4.79 Å². The van der Waals surface area contributed by atoms with Crippen LogP contribution < -0.4 is 5.32 Å². The molecule has 1 aromatic rings. The zero-order valence-electron chi connectivity index (χ0n) is 9.37. The van der Waals surface area contributed by atoms with E-state index in [9.17, 15) is 10.1 Å². The molecule has 0 saturated heterocycles. The highest BCUT2D eigenvalue weighted by atomic mass is 35.5. The molecule has 0 aromatic heterocycles. The number of nitrogens with one attached hydrogen (secondary N) is 1. The summed E-state index contributed by atoms with van der Waals surface area (Å²) in [5.41, 5.74) is -0.202. The number of nitriles is 1. The van der Waals surface area contributed by atoms with E-state index in [1.54, 1.807) is 24.3 Å². The maximum atomic E-state index is 12.1. The van der Waals surface area contributed by atoms with Crippen LogP contribution in [0.15, 0.2) is 24.3 Å². The van der Waals surface area contributed by atoms with Crippen LogP contribution in [0.25, 0.3) is 0 Å². The topological polar surface area (TPSA) is 52.9 Å². The fourth-order valence-corrected chi connectivity index (χ4v) is 2.38. The van der Waals surface area contributed by atoms with Crippen molar-refractivity contribution in [1.82, 2.24) is 0 Å². The van der Waals surface area contributed by atoms with E-state index in [0.717, 1.165) is 12.8 Å². The second-order valence-corrected chi connectivity index (χ2v) is 4.80. The van der Waals surface area contributed by atoms with Crippen LogP contribution >= 0.6 is 11.6 Å². The molecular weight excluding hydrogens is 236 g/mol. The summed E-state index contributed by atoms with van der Waals surface area (Å²) in [5.74, 6) is -0.209. The maximum Gasteiger partial charge on any atom is 0.244 e. The van der Waals surface area contributed by atoms with Crippen molar-refractivity contribution in [1.29, 1.82) is 5.26 Å². The Morgan fingerprint density at radius 3 is 2.71 bits per heavy atom. The van der Waals surface area contributed by atoms with Crippen molar-refractivity contribution in [3.8, 4) is 6.07 Å². The van der Waals surface area contributed by atoms with E-state index < -0.39 is 5.41 Å². The Bertz CT molecular complexity index is 473. The number of hydrogen-bond acceptors (Lipinski definition) is 2. The van der Waals surface area contributed by atoms with E-state index in [1.165, 1.54) is 0 Å². The Labute approximate surface area is 105 Å². The standard InChI is InChI=1S/C13H13ClN2O/c14-10-4-3-5-11(8-10)16-12(17)13(9-15)6-1-2-7-13/h3-5,8H,1-2,6-7H2,(H,16,17). The summed E-state index contributed by atoms with van der Waals surface area (Å²) in [4.78, 5) is 12.1. The Hall–Kier alpha value is -1.53. The predicted molar refractivity (Wildman–Crippen MR) is 66.6 cm³/mol. The van der Waals surface area contributed by atoms with Gasteiger partial charge in [-0.1, -0.05) is 30.5 Å². The van der Waals surface area contributed by atoms with E-state index in [2.05, 4.69) is 11.4 Å². The lowest BCUT2D eigenvalue weighted by Gasteiger charge is -2.19. The van der Waals surface area contributed by atoms with Crippen LogP contribution in [-0.2, 0) is 4.79 Å². The zero-order chi connectivity index (χ0) is 12.3. The quantitative estimate of drug-likeness (QED) is 0.873. The number of carbonyl (C=O) groups excluding carboxylic acids is 1. The summed E-state index contributed by atoms with van der Waals surface area (Å²) < 4.78 is 0. The van der Waals surface area contributed by atoms with Crippen LogP contribution in [-0.4, -0.2) is 5.91 Å². The molecule has 1 aliphatic carbocycles. The van der Waals surface area contributed by atoms with Crippen molar-refractivity contribution in [2.75, 3.05) is 5.32 Å². The molecule has 0 heterocycles. The summed E-state index contributed by atoms with van der Waals surface area (Å²) in [6, 6.07) is 9.13. The maximum absolute atomic E-state index is 12.1. The van der Waals surface area contributed by atoms with E-state index in [4.69, 9.17) is 11.6 Å². The van der Waals surface area contributed by atoms with Gasteiger partial charge in [0, 0.05) is 10.7 Å². The van der Waals surface area contributed by atoms with E-state index in [0.29, 0.717) is 23.6 Å². The van der Waals surface area contributed by atoms with Crippen LogP contribution in [0.3, 0.4) is 0 Å². The molecule has 17 heavy (non-hydrogen) atoms. The molecule has 1 N–H and O–H groups in total. The molecule has 4 heteroatoms. The van der Waals surface area contributed by atoms with E-state index in [-0.39, 0.29) is 5.91 Å². The third kappa shape index (κ3) is 2.42. The van der Waals surface area contributed by atoms with Gasteiger partial charge in [0.2, 0.25) is 5.91 Å². The number of nitrogens with zero attached hydrogens (tertiary/aromatic N) is 1. The summed E-state index contributed by atoms with van der Waals surface area (Å²) in [5, 5.41) is 12.5. The minimum atomic E-state index is -0.845. The second-order valence-electron chi connectivity index (χ2n) is 4.37. The minimum absolute atomic E-state index is 0.209. The average Bonchev–Trinajstić information content (AvgIpc) is 2.78. The highest BCUT2D eigenvalue weighted by molar-refractivity contribution is 6.30. The Balaban J connectivity index is 2.14. The molecule has 0 spiro atoms. The molecule has 1 aromatic carbocycles. The minimum Gasteiger partial charge on any atom is -0.325 e. The smallest absolute Gasteiger partial charge is 0.244 e. The van der Waals surface area contributed by atoms with Gasteiger partial charge in [-0.3, -0.25) is 4.79 Å². The second kappa shape index (κ2) is 4.77. The fraction of sp³-hybridized carbons (Fsp3) is 0.385. The molecule has 0 radical (unpaired) electrons. The van der Waals surface area contributed by atoms with Crippen LogP contribution in [0, 0.1) is 16.7 Å². The van der Waals surface area contributed by atoms with Crippen molar-refractivity contribution in [2.45, 2.75) is 25.7 Å². The summed E-state index contributed by atoms with van der Waals surface area (Å²) >= 11 is 5.84. The first kappa shape index (κ1) is 11.9. The Morgan fingerprint density at radius 2 is 2.12 bits per heavy atom. The van der Waals surface area contributed by atoms with E-state index >= 15 is 0 Å². The lowest BCUT2D eigenvalue weighted by molar-refractivity contribution is -0.122. The van der Waals surface area contributed by atoms with Gasteiger partial charge in [0.05, 0.1) is 6.07 Å². The molecule has 0 aliphatic heterocycles. The summed E-state index contributed by atoms with van der Waals surface area (Å²) in [7, 11) is 0. The number of amides is 1. The van der Waals surface area contributed by atoms with E-state index in [1.807, 2.05) is 0 Å². The number of carbonyl (C=O) groups is 1. The van der Waals surface area contributed by atoms with Crippen LogP contribution in [0.2, 0.25) is 5.02 Å². The molecule has 0 atom stereocenters. The van der Waals surface area contributed by atoms with Gasteiger partial charge in [-0.25, -0.2) is 0 Å². The monoisotopic (exact) mass is 248 g/mol. The van der Waals surface area contributed by atoms with Gasteiger partial charge >= 0.3 is 0 Å². The first-order chi connectivity index (χ1) is 8.16. The van der Waals surface area contributed by atoms with Gasteiger partial charge in [-0.15, -0.1) is 0 Å². The molecule has 0 bridgehead atoms. The van der Waals surface area contributed by atoms with Gasteiger partial charge < -0.3 is 5.32 Å². The molecule has 88 valence electrons. The highest BCUT2D eigenvalue weighted by Gasteiger charge is 2.41. The molecule has 3 nitrogen and oxygen atoms in total. The Morgan fingerprint density at radius 1 is 1.41 bits per heavy atom. The molecule has 2 rings (SSSR count). The van der Waals surface area contributed by atoms with Crippen molar-refractivity contribution in [2.24, 2.45) is 5.41 Å². The van der Waals surface area contributed by atoms with Crippen molar-refractivity contribution in [3.05, 3.63) is 29.3 Å². The highest BCUT2D eigenvalue weighted by Crippen LogP contribution is 2.38. The normalized spacial score (nSPS) is 17.4. The molecule has 0 unspecified atom stereocenters. The molecule has 1 aliphatic rings. The van der Waals surface area contributed by atoms with Gasteiger partial charge in [-0.05, 0) is 31.0 Å². The Kier molecular flexibility index (Phi) is 3.35. The largest absolute Gasteiger partial charge is 0.325 e. The summed E-state index contributed by atoms with van der Waals surface area (Å²) in [6.45, 7) is 0. The van der Waals surface area contributed by atoms with Crippen molar-refractivity contribution in [3.63, 3.8) is 0 Å². The van der Waals surface area contributed by atoms with Crippen LogP contribution in [0.5, 0.6) is 0 Å². The van der Waals surface area contributed by atoms with Crippen LogP contribution in [0.4, 0.5) is 5.69 Å². The van der Waals surface area contributed by atoms with Gasteiger partial charge in [0.1, 0.15) is 5.41 Å². The lowest BCUT2D eigenvalue weighted by Crippen LogP contribution is -2.32. The third-order valence-corrected chi connectivity index (χ3v) is 3.42. The van der Waals surface area contributed by atoms with Crippen molar-refractivity contribution >= 4 is 23.2 Å². The van der Waals surface area contributed by atoms with Gasteiger partial charge in [0.25, 0.3) is 0 Å². The van der Waals surface area contributed by atoms with Gasteiger partial charge in [0.15, 0.2) is 0 Å². The zero-order valence-corrected chi connectivity index (χ0v) is 10.1. The molecule has 1 amide bonds. The number of hydrogen-bond donors (Lipinski definition) is 1. The molecule has 1 fully saturated rings. The lowest BCUT2D eigenvalue weighted by atomic mass is 9.87. The summed E-state index contributed by atoms with van der Waals surface area (Å²) in [6.07, 6.45) is 3.18. The molecule has 1 saturated carbocycles.